The Hall–Kier alpha value is -2.75. The number of aromatic nitrogens is 1. The third kappa shape index (κ3) is 4.50. The maximum absolute atomic E-state index is 16.0. The van der Waals surface area contributed by atoms with Crippen molar-refractivity contribution in [3.05, 3.63) is 57.6 Å². The van der Waals surface area contributed by atoms with Crippen molar-refractivity contribution in [2.75, 3.05) is 5.32 Å². The fraction of sp³-hybridized carbons (Fsp3) is 0.548. The minimum atomic E-state index is -1.32. The fourth-order valence-electron chi connectivity index (χ4n) is 8.14. The Morgan fingerprint density at radius 2 is 1.76 bits per heavy atom. The van der Waals surface area contributed by atoms with E-state index in [-0.39, 0.29) is 45.8 Å². The van der Waals surface area contributed by atoms with E-state index in [1.54, 1.807) is 12.1 Å². The summed E-state index contributed by atoms with van der Waals surface area (Å²) in [6.45, 7) is 4.41. The zero-order valence-electron chi connectivity index (χ0n) is 23.7. The number of primary amides is 1. The highest BCUT2D eigenvalue weighted by molar-refractivity contribution is 6.31. The van der Waals surface area contributed by atoms with Gasteiger partial charge in [0.15, 0.2) is 11.0 Å². The van der Waals surface area contributed by atoms with E-state index in [4.69, 9.17) is 28.9 Å². The van der Waals surface area contributed by atoms with Gasteiger partial charge in [0.1, 0.15) is 5.41 Å². The average Bonchev–Trinajstić information content (AvgIpc) is 3.40. The number of amides is 3. The highest BCUT2D eigenvalue weighted by Gasteiger charge is 2.73. The third-order valence-corrected chi connectivity index (χ3v) is 10.9. The van der Waals surface area contributed by atoms with Gasteiger partial charge in [-0.1, -0.05) is 43.1 Å². The van der Waals surface area contributed by atoms with Crippen molar-refractivity contribution >= 4 is 46.6 Å². The van der Waals surface area contributed by atoms with Crippen molar-refractivity contribution < 1.29 is 18.8 Å². The number of nitrogens with two attached hydrogens (primary N) is 1. The lowest BCUT2D eigenvalue weighted by Crippen LogP contribution is -2.61. The smallest absolute Gasteiger partial charge is 0.238 e. The molecule has 42 heavy (non-hydrogen) atoms. The van der Waals surface area contributed by atoms with Crippen LogP contribution in [-0.2, 0) is 19.8 Å². The normalized spacial score (nSPS) is 31.1. The molecule has 5 N–H and O–H groups in total. The van der Waals surface area contributed by atoms with Gasteiger partial charge in [-0.3, -0.25) is 19.7 Å². The van der Waals surface area contributed by atoms with Gasteiger partial charge in [-0.2, -0.15) is 0 Å². The Bertz CT molecular complexity index is 1450. The molecule has 0 bridgehead atoms. The average molecular weight is 617 g/mol. The molecular formula is C31H36Cl2FN5O3. The summed E-state index contributed by atoms with van der Waals surface area (Å²) < 4.78 is 16.0. The number of hydrogen-bond acceptors (Lipinski definition) is 5. The second kappa shape index (κ2) is 10.5. The van der Waals surface area contributed by atoms with Crippen LogP contribution in [0.4, 0.5) is 10.1 Å². The largest absolute Gasteiger partial charge is 0.369 e. The van der Waals surface area contributed by atoms with Crippen molar-refractivity contribution in [1.82, 2.24) is 15.6 Å². The molecule has 0 unspecified atom stereocenters. The molecule has 2 aromatic rings. The molecule has 6 rings (SSSR count). The van der Waals surface area contributed by atoms with Gasteiger partial charge in [-0.15, -0.1) is 0 Å². The minimum absolute atomic E-state index is 0.0478. The van der Waals surface area contributed by atoms with E-state index in [0.717, 1.165) is 12.8 Å². The second-order valence-electron chi connectivity index (χ2n) is 13.3. The Morgan fingerprint density at radius 3 is 2.43 bits per heavy atom. The molecule has 224 valence electrons. The number of benzene rings is 1. The molecule has 3 fully saturated rings. The highest BCUT2D eigenvalue weighted by Crippen LogP contribution is 2.64. The van der Waals surface area contributed by atoms with Crippen molar-refractivity contribution in [3.8, 4) is 0 Å². The van der Waals surface area contributed by atoms with Crippen LogP contribution >= 0.6 is 23.2 Å². The summed E-state index contributed by atoms with van der Waals surface area (Å²) in [4.78, 5) is 44.4. The Labute approximate surface area is 254 Å². The molecule has 1 aromatic heterocycles. The quantitative estimate of drug-likeness (QED) is 0.361. The van der Waals surface area contributed by atoms with Gasteiger partial charge in [0.05, 0.1) is 6.04 Å². The lowest BCUT2D eigenvalue weighted by atomic mass is 9.53. The van der Waals surface area contributed by atoms with Crippen molar-refractivity contribution in [2.45, 2.75) is 94.2 Å². The summed E-state index contributed by atoms with van der Waals surface area (Å²) in [5.41, 5.74) is 4.82. The van der Waals surface area contributed by atoms with Crippen LogP contribution in [0.25, 0.3) is 0 Å². The van der Waals surface area contributed by atoms with Crippen LogP contribution in [-0.4, -0.2) is 40.3 Å². The van der Waals surface area contributed by atoms with E-state index in [9.17, 15) is 14.4 Å². The highest BCUT2D eigenvalue weighted by atomic mass is 35.5. The fourth-order valence-corrected chi connectivity index (χ4v) is 8.48. The molecule has 3 amide bonds. The first-order valence-corrected chi connectivity index (χ1v) is 15.4. The number of halogens is 3. The van der Waals surface area contributed by atoms with Gasteiger partial charge >= 0.3 is 0 Å². The van der Waals surface area contributed by atoms with E-state index < -0.39 is 28.7 Å². The molecule has 8 nitrogen and oxygen atoms in total. The molecule has 3 atom stereocenters. The number of nitrogens with one attached hydrogen (secondary N) is 3. The van der Waals surface area contributed by atoms with Crippen molar-refractivity contribution in [2.24, 2.45) is 17.1 Å². The number of fused-ring (bicyclic) bond motifs is 3. The first-order chi connectivity index (χ1) is 19.9. The zero-order valence-corrected chi connectivity index (χ0v) is 25.2. The molecule has 3 heterocycles. The maximum atomic E-state index is 16.0. The van der Waals surface area contributed by atoms with Gasteiger partial charge in [0.25, 0.3) is 0 Å². The molecule has 4 aliphatic rings. The number of carbonyl (C=O) groups is 3. The van der Waals surface area contributed by atoms with Crippen LogP contribution in [0.5, 0.6) is 0 Å². The molecule has 0 radical (unpaired) electrons. The summed E-state index contributed by atoms with van der Waals surface area (Å²) in [6.07, 6.45) is 6.67. The summed E-state index contributed by atoms with van der Waals surface area (Å²) in [7, 11) is 0. The van der Waals surface area contributed by atoms with E-state index in [0.29, 0.717) is 54.8 Å². The third-order valence-electron chi connectivity index (χ3n) is 10.4. The number of carbonyl (C=O) groups excluding carboxylic acids is 3. The number of nitrogens with zero attached hydrogens (tertiary/aromatic N) is 1. The molecule has 2 spiro atoms. The molecule has 1 aromatic carbocycles. The summed E-state index contributed by atoms with van der Waals surface area (Å²) in [6, 6.07) is 5.70. The first kappa shape index (κ1) is 29.3. The van der Waals surface area contributed by atoms with Crippen LogP contribution in [0.1, 0.15) is 82.3 Å². The molecule has 2 saturated carbocycles. The maximum Gasteiger partial charge on any atom is 0.238 e. The van der Waals surface area contributed by atoms with Crippen LogP contribution < -0.4 is 21.7 Å². The van der Waals surface area contributed by atoms with Crippen LogP contribution in [0.15, 0.2) is 30.5 Å². The van der Waals surface area contributed by atoms with E-state index in [1.807, 2.05) is 6.07 Å². The molecular weight excluding hydrogens is 580 g/mol. The molecule has 11 heteroatoms. The predicted octanol–water partition coefficient (Wildman–Crippen LogP) is 4.97. The number of pyridine rings is 1. The van der Waals surface area contributed by atoms with Gasteiger partial charge in [-0.25, -0.2) is 9.37 Å². The number of rotatable bonds is 4. The van der Waals surface area contributed by atoms with Gasteiger partial charge < -0.3 is 16.4 Å². The van der Waals surface area contributed by atoms with Gasteiger partial charge in [0, 0.05) is 40.3 Å². The first-order valence-electron chi connectivity index (χ1n) is 14.7. The Balaban J connectivity index is 1.49. The summed E-state index contributed by atoms with van der Waals surface area (Å²) in [5.74, 6) is -2.80. The summed E-state index contributed by atoms with van der Waals surface area (Å²) >= 11 is 12.6. The standard InChI is InChI=1S/C31H36Cl2FN5O3/c1-29(2)10-12-30(13-11-29)31(20-8-5-17(32)15-21(20)38-28(31)42)22(19-9-14-36-25(33)23(19)34)24(39-30)27(41)37-18-6-3-16(4-7-18)26(35)40/h5,8-9,14-16,18,22,24,39H,3-4,6-7,10-13H2,1-2H3,(H2,35,40)(H,37,41)(H,38,42)/t16?,18?,22-,24+,31+/m0/s1. The van der Waals surface area contributed by atoms with Crippen LogP contribution in [0.3, 0.4) is 0 Å². The molecule has 2 aliphatic heterocycles. The zero-order chi connectivity index (χ0) is 30.0. The second-order valence-corrected chi connectivity index (χ2v) is 14.1. The van der Waals surface area contributed by atoms with Gasteiger partial charge in [-0.05, 0) is 86.1 Å². The van der Waals surface area contributed by atoms with Gasteiger partial charge in [0.2, 0.25) is 17.7 Å². The van der Waals surface area contributed by atoms with Crippen LogP contribution in [0, 0.1) is 17.2 Å². The number of hydrogen-bond donors (Lipinski definition) is 4. The predicted molar refractivity (Wildman–Crippen MR) is 159 cm³/mol. The van der Waals surface area contributed by atoms with E-state index in [2.05, 4.69) is 34.8 Å². The molecule has 2 aliphatic carbocycles. The lowest BCUT2D eigenvalue weighted by molar-refractivity contribution is -0.125. The SMILES string of the molecule is CC1(C)CCC2(CC1)N[C@@H](C(=O)NC1CCC(C(N)=O)CC1)[C@H](c1ccnc(Cl)c1F)[C@]21C(=O)Nc2cc(Cl)ccc21. The lowest BCUT2D eigenvalue weighted by Gasteiger charge is -2.50. The van der Waals surface area contributed by atoms with E-state index >= 15 is 4.39 Å². The Morgan fingerprint density at radius 1 is 1.07 bits per heavy atom. The van der Waals surface area contributed by atoms with Crippen molar-refractivity contribution in [1.29, 1.82) is 0 Å². The van der Waals surface area contributed by atoms with E-state index in [1.165, 1.54) is 12.3 Å². The minimum Gasteiger partial charge on any atom is -0.369 e. The van der Waals surface area contributed by atoms with Crippen molar-refractivity contribution in [3.63, 3.8) is 0 Å². The Kier molecular flexibility index (Phi) is 7.30. The summed E-state index contributed by atoms with van der Waals surface area (Å²) in [5, 5.41) is 10.0. The monoisotopic (exact) mass is 615 g/mol. The topological polar surface area (TPSA) is 126 Å². The van der Waals surface area contributed by atoms with Crippen LogP contribution in [0.2, 0.25) is 10.2 Å². The molecule has 1 saturated heterocycles. The number of anilines is 1.